The number of nitrogens with one attached hydrogen (secondary N) is 1. The molecule has 2 rings (SSSR count). The number of benzene rings is 1. The van der Waals surface area contributed by atoms with Crippen LogP contribution in [-0.2, 0) is 0 Å². The lowest BCUT2D eigenvalue weighted by atomic mass is 10.1. The van der Waals surface area contributed by atoms with Crippen LogP contribution in [0.25, 0.3) is 0 Å². The van der Waals surface area contributed by atoms with Crippen LogP contribution in [0.15, 0.2) is 34.9 Å². The van der Waals surface area contributed by atoms with E-state index < -0.39 is 0 Å². The van der Waals surface area contributed by atoms with Crippen LogP contribution < -0.4 is 11.1 Å². The molecule has 0 spiro atoms. The number of thiocarbonyl (C=S) groups is 1. The van der Waals surface area contributed by atoms with Crippen molar-refractivity contribution >= 4 is 44.6 Å². The quantitative estimate of drug-likeness (QED) is 0.836. The Morgan fingerprint density at radius 3 is 2.37 bits per heavy atom. The zero-order chi connectivity index (χ0) is 14.0. The Morgan fingerprint density at radius 1 is 1.26 bits per heavy atom. The highest BCUT2D eigenvalue weighted by atomic mass is 79.9. The molecule has 0 aliphatic rings. The maximum Gasteiger partial charge on any atom is 0.130 e. The molecule has 5 heteroatoms. The molecule has 1 aromatic carbocycles. The van der Waals surface area contributed by atoms with E-state index >= 15 is 0 Å². The van der Waals surface area contributed by atoms with Crippen molar-refractivity contribution in [2.45, 2.75) is 13.8 Å². The van der Waals surface area contributed by atoms with E-state index in [-0.39, 0.29) is 0 Å². The first kappa shape index (κ1) is 14.0. The highest BCUT2D eigenvalue weighted by Gasteiger charge is 2.05. The summed E-state index contributed by atoms with van der Waals surface area (Å²) in [5.74, 6) is 0.772. The zero-order valence-electron chi connectivity index (χ0n) is 10.7. The Bertz CT molecular complexity index is 600. The largest absolute Gasteiger partial charge is 0.389 e. The van der Waals surface area contributed by atoms with E-state index in [0.717, 1.165) is 32.7 Å². The van der Waals surface area contributed by atoms with Crippen LogP contribution >= 0.6 is 28.1 Å². The number of rotatable bonds is 3. The predicted octanol–water partition coefficient (Wildman–Crippen LogP) is 3.84. The van der Waals surface area contributed by atoms with E-state index in [1.807, 2.05) is 12.1 Å². The summed E-state index contributed by atoms with van der Waals surface area (Å²) in [6.45, 7) is 4.12. The molecule has 0 radical (unpaired) electrons. The van der Waals surface area contributed by atoms with Gasteiger partial charge < -0.3 is 11.1 Å². The van der Waals surface area contributed by atoms with Crippen molar-refractivity contribution in [3.05, 3.63) is 51.6 Å². The van der Waals surface area contributed by atoms with Crippen molar-refractivity contribution in [1.29, 1.82) is 0 Å². The predicted molar refractivity (Wildman–Crippen MR) is 87.0 cm³/mol. The van der Waals surface area contributed by atoms with Crippen LogP contribution in [0.1, 0.15) is 16.7 Å². The average Bonchev–Trinajstić information content (AvgIpc) is 2.34. The third-order valence-corrected chi connectivity index (χ3v) is 3.49. The smallest absolute Gasteiger partial charge is 0.130 e. The van der Waals surface area contributed by atoms with Gasteiger partial charge in [0, 0.05) is 21.9 Å². The Kier molecular flexibility index (Phi) is 4.17. The molecule has 98 valence electrons. The van der Waals surface area contributed by atoms with Crippen LogP contribution in [0.2, 0.25) is 0 Å². The summed E-state index contributed by atoms with van der Waals surface area (Å²) in [7, 11) is 0. The molecule has 3 nitrogen and oxygen atoms in total. The van der Waals surface area contributed by atoms with E-state index in [1.165, 1.54) is 0 Å². The second-order valence-electron chi connectivity index (χ2n) is 4.34. The fraction of sp³-hybridized carbons (Fsp3) is 0.143. The molecule has 0 saturated heterocycles. The van der Waals surface area contributed by atoms with Gasteiger partial charge in [0.25, 0.3) is 0 Å². The minimum Gasteiger partial charge on any atom is -0.389 e. The van der Waals surface area contributed by atoms with Crippen LogP contribution in [0, 0.1) is 13.8 Å². The Balaban J connectivity index is 2.29. The highest BCUT2D eigenvalue weighted by molar-refractivity contribution is 9.10. The van der Waals surface area contributed by atoms with E-state index in [0.29, 0.717) is 4.99 Å². The second kappa shape index (κ2) is 5.67. The SMILES string of the molecule is Cc1cc(Br)cc(C)c1Nc1ccc(C(N)=S)cn1. The van der Waals surface area contributed by atoms with Gasteiger partial charge >= 0.3 is 0 Å². The first-order valence-electron chi connectivity index (χ1n) is 5.77. The lowest BCUT2D eigenvalue weighted by molar-refractivity contribution is 1.27. The Labute approximate surface area is 126 Å². The molecule has 3 N–H and O–H groups in total. The van der Waals surface area contributed by atoms with Crippen LogP contribution in [0.3, 0.4) is 0 Å². The molecule has 0 aliphatic heterocycles. The van der Waals surface area contributed by atoms with E-state index in [4.69, 9.17) is 18.0 Å². The maximum absolute atomic E-state index is 5.55. The Morgan fingerprint density at radius 2 is 1.89 bits per heavy atom. The zero-order valence-corrected chi connectivity index (χ0v) is 13.1. The van der Waals surface area contributed by atoms with Gasteiger partial charge in [-0.25, -0.2) is 4.98 Å². The Hall–Kier alpha value is -1.46. The molecule has 0 unspecified atom stereocenters. The summed E-state index contributed by atoms with van der Waals surface area (Å²) in [4.78, 5) is 4.67. The summed E-state index contributed by atoms with van der Waals surface area (Å²) in [6, 6.07) is 7.87. The number of hydrogen-bond acceptors (Lipinski definition) is 3. The lowest BCUT2D eigenvalue weighted by Crippen LogP contribution is -2.09. The van der Waals surface area contributed by atoms with Crippen molar-refractivity contribution in [3.8, 4) is 0 Å². The molecule has 0 amide bonds. The van der Waals surface area contributed by atoms with Crippen LogP contribution in [0.5, 0.6) is 0 Å². The lowest BCUT2D eigenvalue weighted by Gasteiger charge is -2.13. The summed E-state index contributed by atoms with van der Waals surface area (Å²) in [6.07, 6.45) is 1.67. The molecular weight excluding hydrogens is 322 g/mol. The van der Waals surface area contributed by atoms with Gasteiger partial charge in [-0.2, -0.15) is 0 Å². The van der Waals surface area contributed by atoms with Crippen molar-refractivity contribution in [3.63, 3.8) is 0 Å². The second-order valence-corrected chi connectivity index (χ2v) is 5.69. The molecule has 0 fully saturated rings. The number of nitrogens with two attached hydrogens (primary N) is 1. The fourth-order valence-electron chi connectivity index (χ4n) is 1.85. The molecule has 19 heavy (non-hydrogen) atoms. The number of anilines is 2. The topological polar surface area (TPSA) is 50.9 Å². The van der Waals surface area contributed by atoms with E-state index in [1.54, 1.807) is 6.20 Å². The van der Waals surface area contributed by atoms with Crippen LogP contribution in [0.4, 0.5) is 11.5 Å². The normalized spacial score (nSPS) is 10.3. The molecule has 0 atom stereocenters. The molecule has 1 aromatic heterocycles. The molecule has 0 saturated carbocycles. The highest BCUT2D eigenvalue weighted by Crippen LogP contribution is 2.27. The molecule has 1 heterocycles. The number of halogens is 1. The van der Waals surface area contributed by atoms with Gasteiger partial charge in [0.05, 0.1) is 0 Å². The molecule has 2 aromatic rings. The summed E-state index contributed by atoms with van der Waals surface area (Å²) < 4.78 is 1.07. The third-order valence-electron chi connectivity index (χ3n) is 2.80. The number of aromatic nitrogens is 1. The van der Waals surface area contributed by atoms with Gasteiger partial charge in [0.15, 0.2) is 0 Å². The third kappa shape index (κ3) is 3.30. The number of pyridine rings is 1. The monoisotopic (exact) mass is 335 g/mol. The summed E-state index contributed by atoms with van der Waals surface area (Å²) >= 11 is 8.39. The van der Waals surface area contributed by atoms with E-state index in [2.05, 4.69) is 52.2 Å². The average molecular weight is 336 g/mol. The van der Waals surface area contributed by atoms with Crippen molar-refractivity contribution in [2.75, 3.05) is 5.32 Å². The number of hydrogen-bond donors (Lipinski definition) is 2. The standard InChI is InChI=1S/C14H14BrN3S/c1-8-5-11(15)6-9(2)13(8)18-12-4-3-10(7-17-12)14(16)19/h3-7H,1-2H3,(H2,16,19)(H,17,18). The summed E-state index contributed by atoms with van der Waals surface area (Å²) in [5, 5.41) is 3.32. The maximum atomic E-state index is 5.55. The van der Waals surface area contributed by atoms with E-state index in [9.17, 15) is 0 Å². The minimum atomic E-state index is 0.357. The number of nitrogens with zero attached hydrogens (tertiary/aromatic N) is 1. The van der Waals surface area contributed by atoms with Gasteiger partial charge in [-0.1, -0.05) is 28.1 Å². The van der Waals surface area contributed by atoms with Crippen molar-refractivity contribution in [2.24, 2.45) is 5.73 Å². The minimum absolute atomic E-state index is 0.357. The fourth-order valence-corrected chi connectivity index (χ4v) is 2.66. The van der Waals surface area contributed by atoms with Gasteiger partial charge in [-0.15, -0.1) is 0 Å². The van der Waals surface area contributed by atoms with Gasteiger partial charge in [0.1, 0.15) is 10.8 Å². The first-order valence-corrected chi connectivity index (χ1v) is 6.97. The van der Waals surface area contributed by atoms with Gasteiger partial charge in [-0.3, -0.25) is 0 Å². The van der Waals surface area contributed by atoms with Gasteiger partial charge in [0.2, 0.25) is 0 Å². The van der Waals surface area contributed by atoms with Crippen molar-refractivity contribution in [1.82, 2.24) is 4.98 Å². The van der Waals surface area contributed by atoms with Crippen molar-refractivity contribution < 1.29 is 0 Å². The molecular formula is C14H14BrN3S. The number of aryl methyl sites for hydroxylation is 2. The summed E-state index contributed by atoms with van der Waals surface area (Å²) in [5.41, 5.74) is 9.70. The van der Waals surface area contributed by atoms with Gasteiger partial charge in [-0.05, 0) is 49.2 Å². The first-order chi connectivity index (χ1) is 8.97. The van der Waals surface area contributed by atoms with Crippen LogP contribution in [-0.4, -0.2) is 9.97 Å². The molecule has 0 aliphatic carbocycles. The molecule has 0 bridgehead atoms.